The molecule has 0 radical (unpaired) electrons. The van der Waals surface area contributed by atoms with Crippen molar-refractivity contribution in [2.75, 3.05) is 7.11 Å². The minimum atomic E-state index is -0.684. The first-order valence-electron chi connectivity index (χ1n) is 4.56. The van der Waals surface area contributed by atoms with Gasteiger partial charge in [0.2, 0.25) is 0 Å². The van der Waals surface area contributed by atoms with Gasteiger partial charge < -0.3 is 10.1 Å². The predicted octanol–water partition coefficient (Wildman–Crippen LogP) is 1.23. The van der Waals surface area contributed by atoms with E-state index in [1.165, 1.54) is 7.11 Å². The number of carbonyl (C=O) groups is 2. The number of nitrogens with one attached hydrogen (secondary N) is 2. The number of rotatable bonds is 2. The maximum absolute atomic E-state index is 11.4. The van der Waals surface area contributed by atoms with Crippen molar-refractivity contribution >= 4 is 23.5 Å². The van der Waals surface area contributed by atoms with E-state index in [0.29, 0.717) is 16.3 Å². The molecule has 16 heavy (non-hydrogen) atoms. The lowest BCUT2D eigenvalue weighted by Gasteiger charge is -2.09. The molecule has 1 aromatic carbocycles. The first-order chi connectivity index (χ1) is 7.61. The summed E-state index contributed by atoms with van der Waals surface area (Å²) < 4.78 is 4.99. The van der Waals surface area contributed by atoms with Gasteiger partial charge in [0.15, 0.2) is 0 Å². The number of amides is 3. The zero-order valence-electron chi connectivity index (χ0n) is 8.41. The monoisotopic (exact) mass is 240 g/mol. The number of imide groups is 1. The summed E-state index contributed by atoms with van der Waals surface area (Å²) in [4.78, 5) is 22.3. The number of hydrogen-bond acceptors (Lipinski definition) is 3. The molecule has 2 N–H and O–H groups in total. The molecule has 1 aliphatic heterocycles. The van der Waals surface area contributed by atoms with Gasteiger partial charge in [0.25, 0.3) is 5.91 Å². The highest BCUT2D eigenvalue weighted by atomic mass is 35.5. The van der Waals surface area contributed by atoms with Crippen LogP contribution in [0.4, 0.5) is 4.79 Å². The molecule has 1 fully saturated rings. The molecule has 5 nitrogen and oxygen atoms in total. The van der Waals surface area contributed by atoms with E-state index in [4.69, 9.17) is 16.3 Å². The average molecular weight is 241 g/mol. The van der Waals surface area contributed by atoms with Gasteiger partial charge in [0, 0.05) is 0 Å². The molecule has 1 aromatic rings. The first-order valence-corrected chi connectivity index (χ1v) is 4.94. The second-order valence-corrected chi connectivity index (χ2v) is 3.70. The quantitative estimate of drug-likeness (QED) is 0.764. The van der Waals surface area contributed by atoms with E-state index in [1.54, 1.807) is 18.2 Å². The van der Waals surface area contributed by atoms with Crippen LogP contribution in [0.1, 0.15) is 11.6 Å². The Morgan fingerprint density at radius 3 is 2.62 bits per heavy atom. The lowest BCUT2D eigenvalue weighted by atomic mass is 10.1. The van der Waals surface area contributed by atoms with Gasteiger partial charge in [-0.1, -0.05) is 17.7 Å². The Hall–Kier alpha value is -1.75. The number of urea groups is 1. The van der Waals surface area contributed by atoms with E-state index in [1.807, 2.05) is 0 Å². The standard InChI is InChI=1S/C10H9ClN2O3/c1-16-7-3-2-5(4-6(7)11)8-9(14)13-10(15)12-8/h2-4,8H,1H3,(H2,12,13,14,15)/t8-/m1/s1. The fourth-order valence-corrected chi connectivity index (χ4v) is 1.78. The Kier molecular flexibility index (Phi) is 2.70. The third-order valence-corrected chi connectivity index (χ3v) is 2.58. The van der Waals surface area contributed by atoms with Crippen molar-refractivity contribution in [2.24, 2.45) is 0 Å². The van der Waals surface area contributed by atoms with E-state index in [2.05, 4.69) is 10.6 Å². The molecule has 0 saturated carbocycles. The minimum absolute atomic E-state index is 0.383. The summed E-state index contributed by atoms with van der Waals surface area (Å²) in [5.74, 6) is 0.140. The number of carbonyl (C=O) groups excluding carboxylic acids is 2. The number of methoxy groups -OCH3 is 1. The van der Waals surface area contributed by atoms with Crippen molar-refractivity contribution in [3.05, 3.63) is 28.8 Å². The normalized spacial score (nSPS) is 19.2. The molecule has 6 heteroatoms. The third-order valence-electron chi connectivity index (χ3n) is 2.28. The molecule has 84 valence electrons. The Bertz CT molecular complexity index is 461. The van der Waals surface area contributed by atoms with Crippen LogP contribution in [0.25, 0.3) is 0 Å². The van der Waals surface area contributed by atoms with E-state index in [9.17, 15) is 9.59 Å². The minimum Gasteiger partial charge on any atom is -0.495 e. The maximum atomic E-state index is 11.4. The molecule has 1 heterocycles. The largest absolute Gasteiger partial charge is 0.495 e. The lowest BCUT2D eigenvalue weighted by molar-refractivity contribution is -0.120. The Balaban J connectivity index is 2.31. The topological polar surface area (TPSA) is 67.4 Å². The van der Waals surface area contributed by atoms with Crippen LogP contribution < -0.4 is 15.4 Å². The third kappa shape index (κ3) is 1.81. The van der Waals surface area contributed by atoms with Crippen LogP contribution in [0.3, 0.4) is 0 Å². The molecule has 3 amide bonds. The van der Waals surface area contributed by atoms with Crippen molar-refractivity contribution < 1.29 is 14.3 Å². The van der Waals surface area contributed by atoms with Crippen LogP contribution in [0.5, 0.6) is 5.75 Å². The Labute approximate surface area is 96.7 Å². The van der Waals surface area contributed by atoms with Gasteiger partial charge in [-0.25, -0.2) is 4.79 Å². The molecule has 0 spiro atoms. The van der Waals surface area contributed by atoms with Crippen molar-refractivity contribution in [1.82, 2.24) is 10.6 Å². The summed E-state index contributed by atoms with van der Waals surface area (Å²) in [6.45, 7) is 0. The summed E-state index contributed by atoms with van der Waals surface area (Å²) in [5.41, 5.74) is 0.620. The van der Waals surface area contributed by atoms with Crippen LogP contribution in [-0.2, 0) is 4.79 Å². The molecule has 0 aliphatic carbocycles. The van der Waals surface area contributed by atoms with Gasteiger partial charge in [-0.2, -0.15) is 0 Å². The van der Waals surface area contributed by atoms with Gasteiger partial charge >= 0.3 is 6.03 Å². The molecule has 0 unspecified atom stereocenters. The van der Waals surface area contributed by atoms with Crippen LogP contribution in [0.15, 0.2) is 18.2 Å². The van der Waals surface area contributed by atoms with Crippen molar-refractivity contribution in [3.8, 4) is 5.75 Å². The highest BCUT2D eigenvalue weighted by Gasteiger charge is 2.31. The van der Waals surface area contributed by atoms with Gasteiger partial charge in [-0.05, 0) is 17.7 Å². The zero-order chi connectivity index (χ0) is 11.7. The Morgan fingerprint density at radius 1 is 1.38 bits per heavy atom. The second kappa shape index (κ2) is 4.02. The van der Waals surface area contributed by atoms with Crippen LogP contribution >= 0.6 is 11.6 Å². The van der Waals surface area contributed by atoms with E-state index in [0.717, 1.165) is 0 Å². The van der Waals surface area contributed by atoms with Crippen molar-refractivity contribution in [3.63, 3.8) is 0 Å². The SMILES string of the molecule is COc1ccc([C@H]2NC(=O)NC2=O)cc1Cl. The van der Waals surface area contributed by atoms with E-state index < -0.39 is 12.1 Å². The molecule has 0 aromatic heterocycles. The molecule has 2 rings (SSSR count). The van der Waals surface area contributed by atoms with Gasteiger partial charge in [0.05, 0.1) is 12.1 Å². The summed E-state index contributed by atoms with van der Waals surface area (Å²) in [6, 6.07) is 3.74. The smallest absolute Gasteiger partial charge is 0.322 e. The summed E-state index contributed by atoms with van der Waals surface area (Å²) >= 11 is 5.92. The number of hydrogen-bond donors (Lipinski definition) is 2. The molecule has 1 atom stereocenters. The van der Waals surface area contributed by atoms with Crippen LogP contribution in [0.2, 0.25) is 5.02 Å². The van der Waals surface area contributed by atoms with Crippen molar-refractivity contribution in [1.29, 1.82) is 0 Å². The highest BCUT2D eigenvalue weighted by molar-refractivity contribution is 6.32. The van der Waals surface area contributed by atoms with Crippen LogP contribution in [-0.4, -0.2) is 19.0 Å². The fraction of sp³-hybridized carbons (Fsp3) is 0.200. The summed E-state index contributed by atoms with van der Waals surface area (Å²) in [5, 5.41) is 5.03. The molecule has 1 aliphatic rings. The van der Waals surface area contributed by atoms with E-state index in [-0.39, 0.29) is 5.91 Å². The lowest BCUT2D eigenvalue weighted by Crippen LogP contribution is -2.22. The van der Waals surface area contributed by atoms with Gasteiger partial charge in [-0.3, -0.25) is 10.1 Å². The zero-order valence-corrected chi connectivity index (χ0v) is 9.17. The highest BCUT2D eigenvalue weighted by Crippen LogP contribution is 2.28. The summed E-state index contributed by atoms with van der Waals surface area (Å²) in [7, 11) is 1.50. The number of ether oxygens (including phenoxy) is 1. The first kappa shape index (κ1) is 10.8. The van der Waals surface area contributed by atoms with E-state index >= 15 is 0 Å². The molecule has 1 saturated heterocycles. The maximum Gasteiger partial charge on any atom is 0.322 e. The molecular weight excluding hydrogens is 232 g/mol. The van der Waals surface area contributed by atoms with Gasteiger partial charge in [0.1, 0.15) is 11.8 Å². The van der Waals surface area contributed by atoms with Crippen molar-refractivity contribution in [2.45, 2.75) is 6.04 Å². The fourth-order valence-electron chi connectivity index (χ4n) is 1.51. The average Bonchev–Trinajstić information content (AvgIpc) is 2.58. The van der Waals surface area contributed by atoms with Gasteiger partial charge in [-0.15, -0.1) is 0 Å². The van der Waals surface area contributed by atoms with Crippen LogP contribution in [0, 0.1) is 0 Å². The Morgan fingerprint density at radius 2 is 2.12 bits per heavy atom. The predicted molar refractivity (Wildman–Crippen MR) is 57.4 cm³/mol. The number of benzene rings is 1. The number of halogens is 1. The molecular formula is C10H9ClN2O3. The molecule has 0 bridgehead atoms. The second-order valence-electron chi connectivity index (χ2n) is 3.29. The summed E-state index contributed by atoms with van der Waals surface area (Å²) in [6.07, 6.45) is 0.